The normalized spacial score (nSPS) is 26.7. The molecular weight excluding hydrogens is 330 g/mol. The summed E-state index contributed by atoms with van der Waals surface area (Å²) >= 11 is 0. The van der Waals surface area contributed by atoms with E-state index in [0.29, 0.717) is 25.7 Å². The highest BCUT2D eigenvalue weighted by molar-refractivity contribution is 5.44. The standard InChI is InChI=1S/C21H23NO4/c23-13-21-12-22(10-15-5-6-19-20(9-15)25-8-7-24-19)11-17(21)16-3-1-2-4-18(16)26-14-21/h1-6,9,17,23H,7-8,10-14H2/t17-,21-/m1/s1. The number of aliphatic hydroxyl groups excluding tert-OH is 1. The molecular formula is C21H23NO4. The molecule has 0 saturated carbocycles. The first-order valence-corrected chi connectivity index (χ1v) is 9.21. The predicted octanol–water partition coefficient (Wildman–Crippen LogP) is 2.43. The van der Waals surface area contributed by atoms with Crippen molar-refractivity contribution in [2.75, 3.05) is 39.5 Å². The molecule has 5 rings (SSSR count). The van der Waals surface area contributed by atoms with Crippen molar-refractivity contribution in [1.82, 2.24) is 4.90 Å². The molecule has 0 radical (unpaired) electrons. The molecule has 1 saturated heterocycles. The molecule has 1 N–H and O–H groups in total. The SMILES string of the molecule is OC[C@]12COc3ccccc3[C@H]1CN(Cc1ccc3c(c1)OCCO3)C2. The molecule has 0 unspecified atom stereocenters. The van der Waals surface area contributed by atoms with E-state index in [4.69, 9.17) is 14.2 Å². The van der Waals surface area contributed by atoms with Crippen LogP contribution < -0.4 is 14.2 Å². The molecule has 0 amide bonds. The van der Waals surface area contributed by atoms with Gasteiger partial charge in [0.2, 0.25) is 0 Å². The number of hydrogen-bond acceptors (Lipinski definition) is 5. The van der Waals surface area contributed by atoms with Gasteiger partial charge in [-0.2, -0.15) is 0 Å². The van der Waals surface area contributed by atoms with Crippen molar-refractivity contribution in [3.63, 3.8) is 0 Å². The number of nitrogens with zero attached hydrogens (tertiary/aromatic N) is 1. The second-order valence-corrected chi connectivity index (χ2v) is 7.55. The fourth-order valence-electron chi connectivity index (χ4n) is 4.54. The van der Waals surface area contributed by atoms with Gasteiger partial charge in [-0.25, -0.2) is 0 Å². The third kappa shape index (κ3) is 2.54. The number of rotatable bonds is 3. The van der Waals surface area contributed by atoms with Gasteiger partial charge in [0, 0.05) is 31.0 Å². The number of aliphatic hydroxyl groups is 1. The van der Waals surface area contributed by atoms with Crippen molar-refractivity contribution in [3.05, 3.63) is 53.6 Å². The average Bonchev–Trinajstić information content (AvgIpc) is 3.07. The molecule has 5 nitrogen and oxygen atoms in total. The maximum absolute atomic E-state index is 10.2. The predicted molar refractivity (Wildman–Crippen MR) is 96.9 cm³/mol. The van der Waals surface area contributed by atoms with Crippen LogP contribution in [0.15, 0.2) is 42.5 Å². The van der Waals surface area contributed by atoms with Crippen LogP contribution in [0.1, 0.15) is 17.0 Å². The van der Waals surface area contributed by atoms with Gasteiger partial charge in [-0.1, -0.05) is 24.3 Å². The van der Waals surface area contributed by atoms with Crippen LogP contribution in [0.2, 0.25) is 0 Å². The number of hydrogen-bond donors (Lipinski definition) is 1. The largest absolute Gasteiger partial charge is 0.493 e. The quantitative estimate of drug-likeness (QED) is 0.918. The molecule has 2 atom stereocenters. The van der Waals surface area contributed by atoms with Crippen molar-refractivity contribution in [1.29, 1.82) is 0 Å². The Bertz CT molecular complexity index is 823. The van der Waals surface area contributed by atoms with Gasteiger partial charge < -0.3 is 19.3 Å². The van der Waals surface area contributed by atoms with E-state index in [-0.39, 0.29) is 12.0 Å². The van der Waals surface area contributed by atoms with E-state index in [9.17, 15) is 5.11 Å². The molecule has 26 heavy (non-hydrogen) atoms. The summed E-state index contributed by atoms with van der Waals surface area (Å²) in [6.07, 6.45) is 0. The zero-order chi connectivity index (χ0) is 17.6. The van der Waals surface area contributed by atoms with Crippen LogP contribution in [0.4, 0.5) is 0 Å². The van der Waals surface area contributed by atoms with Crippen molar-refractivity contribution in [2.24, 2.45) is 5.41 Å². The molecule has 0 bridgehead atoms. The lowest BCUT2D eigenvalue weighted by Gasteiger charge is -2.38. The van der Waals surface area contributed by atoms with E-state index in [0.717, 1.165) is 36.9 Å². The van der Waals surface area contributed by atoms with Crippen molar-refractivity contribution in [2.45, 2.75) is 12.5 Å². The number of para-hydroxylation sites is 1. The number of benzene rings is 2. The van der Waals surface area contributed by atoms with Crippen molar-refractivity contribution in [3.8, 4) is 17.2 Å². The Morgan fingerprint density at radius 2 is 1.85 bits per heavy atom. The molecule has 0 aliphatic carbocycles. The minimum atomic E-state index is -0.220. The maximum atomic E-state index is 10.2. The monoisotopic (exact) mass is 353 g/mol. The van der Waals surface area contributed by atoms with Crippen LogP contribution >= 0.6 is 0 Å². The van der Waals surface area contributed by atoms with E-state index in [2.05, 4.69) is 29.2 Å². The Hall–Kier alpha value is -2.24. The molecule has 3 aliphatic rings. The molecule has 136 valence electrons. The molecule has 3 heterocycles. The topological polar surface area (TPSA) is 51.2 Å². The highest BCUT2D eigenvalue weighted by Gasteiger charge is 2.50. The average molecular weight is 353 g/mol. The van der Waals surface area contributed by atoms with E-state index in [1.807, 2.05) is 18.2 Å². The third-order valence-corrected chi connectivity index (χ3v) is 5.86. The summed E-state index contributed by atoms with van der Waals surface area (Å²) in [6.45, 7) is 4.51. The second-order valence-electron chi connectivity index (χ2n) is 7.55. The fraction of sp³-hybridized carbons (Fsp3) is 0.429. The molecule has 2 aromatic rings. The van der Waals surface area contributed by atoms with E-state index in [1.54, 1.807) is 0 Å². The Balaban J connectivity index is 1.39. The summed E-state index contributed by atoms with van der Waals surface area (Å²) in [5.41, 5.74) is 2.20. The third-order valence-electron chi connectivity index (χ3n) is 5.86. The van der Waals surface area contributed by atoms with Gasteiger partial charge >= 0.3 is 0 Å². The van der Waals surface area contributed by atoms with Crippen LogP contribution in [0, 0.1) is 5.41 Å². The van der Waals surface area contributed by atoms with Gasteiger partial charge in [-0.15, -0.1) is 0 Å². The zero-order valence-electron chi connectivity index (χ0n) is 14.7. The van der Waals surface area contributed by atoms with Gasteiger partial charge in [-0.05, 0) is 29.3 Å². The number of likely N-dealkylation sites (tertiary alicyclic amines) is 1. The van der Waals surface area contributed by atoms with E-state index in [1.165, 1.54) is 11.1 Å². The van der Waals surface area contributed by atoms with E-state index < -0.39 is 0 Å². The molecule has 0 spiro atoms. The minimum absolute atomic E-state index is 0.142. The molecule has 0 aromatic heterocycles. The Morgan fingerprint density at radius 3 is 2.73 bits per heavy atom. The molecule has 3 aliphatic heterocycles. The fourth-order valence-corrected chi connectivity index (χ4v) is 4.54. The van der Waals surface area contributed by atoms with Gasteiger partial charge in [0.1, 0.15) is 19.0 Å². The maximum Gasteiger partial charge on any atom is 0.161 e. The van der Waals surface area contributed by atoms with Gasteiger partial charge in [0.05, 0.1) is 13.2 Å². The van der Waals surface area contributed by atoms with Crippen LogP contribution in [-0.2, 0) is 6.54 Å². The van der Waals surface area contributed by atoms with Crippen molar-refractivity contribution >= 4 is 0 Å². The van der Waals surface area contributed by atoms with Gasteiger partial charge in [0.15, 0.2) is 11.5 Å². The minimum Gasteiger partial charge on any atom is -0.493 e. The van der Waals surface area contributed by atoms with E-state index >= 15 is 0 Å². The summed E-state index contributed by atoms with van der Waals surface area (Å²) in [5, 5.41) is 10.2. The summed E-state index contributed by atoms with van der Waals surface area (Å²) < 4.78 is 17.3. The Morgan fingerprint density at radius 1 is 1.00 bits per heavy atom. The lowest BCUT2D eigenvalue weighted by Crippen LogP contribution is -2.42. The van der Waals surface area contributed by atoms with Crippen LogP contribution in [0.3, 0.4) is 0 Å². The lowest BCUT2D eigenvalue weighted by atomic mass is 9.74. The number of ether oxygens (including phenoxy) is 3. The first-order valence-electron chi connectivity index (χ1n) is 9.21. The molecule has 1 fully saturated rings. The second kappa shape index (κ2) is 6.18. The summed E-state index contributed by atoms with van der Waals surface area (Å²) in [5.74, 6) is 2.91. The van der Waals surface area contributed by atoms with Crippen LogP contribution in [-0.4, -0.2) is 49.5 Å². The summed E-state index contributed by atoms with van der Waals surface area (Å²) in [4.78, 5) is 2.41. The highest BCUT2D eigenvalue weighted by Crippen LogP contribution is 2.49. The first kappa shape index (κ1) is 16.0. The zero-order valence-corrected chi connectivity index (χ0v) is 14.7. The van der Waals surface area contributed by atoms with Crippen LogP contribution in [0.25, 0.3) is 0 Å². The number of fused-ring (bicyclic) bond motifs is 4. The van der Waals surface area contributed by atoms with Crippen molar-refractivity contribution < 1.29 is 19.3 Å². The molecule has 2 aromatic carbocycles. The summed E-state index contributed by atoms with van der Waals surface area (Å²) in [7, 11) is 0. The molecule has 5 heteroatoms. The Labute approximate surface area is 153 Å². The van der Waals surface area contributed by atoms with Crippen LogP contribution in [0.5, 0.6) is 17.2 Å². The lowest BCUT2D eigenvalue weighted by molar-refractivity contribution is 0.0457. The van der Waals surface area contributed by atoms with Gasteiger partial charge in [-0.3, -0.25) is 4.90 Å². The highest BCUT2D eigenvalue weighted by atomic mass is 16.6. The first-order chi connectivity index (χ1) is 12.8. The smallest absolute Gasteiger partial charge is 0.161 e. The van der Waals surface area contributed by atoms with Gasteiger partial charge in [0.25, 0.3) is 0 Å². The Kier molecular flexibility index (Phi) is 3.80. The summed E-state index contributed by atoms with van der Waals surface area (Å²) in [6, 6.07) is 14.4.